The first kappa shape index (κ1) is 17.7. The van der Waals surface area contributed by atoms with E-state index in [4.69, 9.17) is 0 Å². The van der Waals surface area contributed by atoms with Crippen LogP contribution >= 0.6 is 0 Å². The van der Waals surface area contributed by atoms with Gasteiger partial charge in [0.15, 0.2) is 9.84 Å². The van der Waals surface area contributed by atoms with Gasteiger partial charge in [-0.15, -0.1) is 0 Å². The number of carbonyl (C=O) groups is 2. The van der Waals surface area contributed by atoms with Crippen LogP contribution in [0.15, 0.2) is 0 Å². The normalized spacial score (nSPS) is 23.7. The summed E-state index contributed by atoms with van der Waals surface area (Å²) in [6.07, 6.45) is 2.27. The second-order valence-electron chi connectivity index (χ2n) is 6.37. The molecule has 21 heavy (non-hydrogen) atoms. The highest BCUT2D eigenvalue weighted by atomic mass is 32.2. The topological polar surface area (TPSA) is 104 Å². The summed E-state index contributed by atoms with van der Waals surface area (Å²) in [5, 5.41) is 11.8. The third-order valence-electron chi connectivity index (χ3n) is 4.08. The van der Waals surface area contributed by atoms with Gasteiger partial charge in [0.1, 0.15) is 6.04 Å². The number of nitrogens with zero attached hydrogens (tertiary/aromatic N) is 1. The van der Waals surface area contributed by atoms with Gasteiger partial charge in [-0.05, 0) is 32.6 Å². The number of carbonyl (C=O) groups excluding carboxylic acids is 1. The number of hydrogen-bond donors (Lipinski definition) is 2. The molecule has 1 rings (SSSR count). The number of urea groups is 1. The van der Waals surface area contributed by atoms with Crippen LogP contribution in [-0.2, 0) is 14.6 Å². The van der Waals surface area contributed by atoms with Crippen LogP contribution in [0, 0.1) is 5.92 Å². The molecule has 1 aliphatic heterocycles. The quantitative estimate of drug-likeness (QED) is 0.793. The number of hydrogen-bond acceptors (Lipinski definition) is 4. The van der Waals surface area contributed by atoms with Crippen LogP contribution in [0.3, 0.4) is 0 Å². The van der Waals surface area contributed by atoms with Crippen molar-refractivity contribution in [3.63, 3.8) is 0 Å². The SMILES string of the molecule is CC1CCN(C(=O)NCC(C)(C)S(C)(=O)=O)C(C(=O)O)C1. The Morgan fingerprint density at radius 2 is 1.95 bits per heavy atom. The number of sulfone groups is 1. The summed E-state index contributed by atoms with van der Waals surface area (Å²) in [5.41, 5.74) is 0. The van der Waals surface area contributed by atoms with Gasteiger partial charge in [0.2, 0.25) is 0 Å². The van der Waals surface area contributed by atoms with E-state index in [1.54, 1.807) is 0 Å². The highest BCUT2D eigenvalue weighted by Crippen LogP contribution is 2.23. The molecule has 2 atom stereocenters. The fraction of sp³-hybridized carbons (Fsp3) is 0.846. The van der Waals surface area contributed by atoms with Crippen LogP contribution in [0.2, 0.25) is 0 Å². The fourth-order valence-corrected chi connectivity index (χ4v) is 2.47. The Bertz CT molecular complexity index is 515. The standard InChI is InChI=1S/C13H24N2O5S/c1-9-5-6-15(10(7-9)11(16)17)12(18)14-8-13(2,3)21(4,19)20/h9-10H,5-8H2,1-4H3,(H,14,18)(H,16,17). The zero-order valence-corrected chi connectivity index (χ0v) is 13.7. The molecule has 0 spiro atoms. The van der Waals surface area contributed by atoms with Crippen molar-refractivity contribution in [1.29, 1.82) is 0 Å². The van der Waals surface area contributed by atoms with E-state index in [9.17, 15) is 23.1 Å². The summed E-state index contributed by atoms with van der Waals surface area (Å²) in [5.74, 6) is -0.776. The maximum atomic E-state index is 12.1. The maximum Gasteiger partial charge on any atom is 0.326 e. The molecule has 0 aromatic carbocycles. The van der Waals surface area contributed by atoms with Gasteiger partial charge in [0, 0.05) is 19.3 Å². The lowest BCUT2D eigenvalue weighted by atomic mass is 9.93. The summed E-state index contributed by atoms with van der Waals surface area (Å²) in [4.78, 5) is 24.7. The molecule has 1 saturated heterocycles. The molecule has 0 aromatic rings. The van der Waals surface area contributed by atoms with Gasteiger partial charge < -0.3 is 15.3 Å². The number of amides is 2. The molecule has 2 unspecified atom stereocenters. The van der Waals surface area contributed by atoms with Crippen molar-refractivity contribution in [2.45, 2.75) is 44.4 Å². The minimum Gasteiger partial charge on any atom is -0.480 e. The molecule has 1 heterocycles. The lowest BCUT2D eigenvalue weighted by Gasteiger charge is -2.36. The van der Waals surface area contributed by atoms with E-state index in [1.807, 2.05) is 6.92 Å². The number of nitrogens with one attached hydrogen (secondary N) is 1. The molecule has 2 amide bonds. The maximum absolute atomic E-state index is 12.1. The number of rotatable bonds is 4. The summed E-state index contributed by atoms with van der Waals surface area (Å²) in [6, 6.07) is -1.37. The summed E-state index contributed by atoms with van der Waals surface area (Å²) in [7, 11) is -3.32. The number of carboxylic acids is 1. The van der Waals surface area contributed by atoms with Crippen LogP contribution in [0.25, 0.3) is 0 Å². The first-order valence-corrected chi connectivity index (χ1v) is 8.81. The Morgan fingerprint density at radius 3 is 2.43 bits per heavy atom. The number of aliphatic carboxylic acids is 1. The molecule has 1 fully saturated rings. The number of carboxylic acid groups (broad SMARTS) is 1. The van der Waals surface area contributed by atoms with Crippen LogP contribution < -0.4 is 5.32 Å². The van der Waals surface area contributed by atoms with E-state index in [2.05, 4.69) is 5.32 Å². The fourth-order valence-electron chi connectivity index (χ4n) is 2.14. The van der Waals surface area contributed by atoms with E-state index in [-0.39, 0.29) is 12.5 Å². The van der Waals surface area contributed by atoms with Crippen molar-refractivity contribution in [3.8, 4) is 0 Å². The van der Waals surface area contributed by atoms with Crippen molar-refractivity contribution in [2.24, 2.45) is 5.92 Å². The van der Waals surface area contributed by atoms with E-state index < -0.39 is 32.6 Å². The second-order valence-corrected chi connectivity index (χ2v) is 9.02. The zero-order chi connectivity index (χ0) is 16.4. The summed E-state index contributed by atoms with van der Waals surface area (Å²) >= 11 is 0. The van der Waals surface area contributed by atoms with Gasteiger partial charge in [-0.1, -0.05) is 6.92 Å². The summed E-state index contributed by atoms with van der Waals surface area (Å²) < 4.78 is 22.1. The third-order valence-corrected chi connectivity index (χ3v) is 6.23. The molecule has 122 valence electrons. The van der Waals surface area contributed by atoms with Crippen molar-refractivity contribution in [2.75, 3.05) is 19.3 Å². The van der Waals surface area contributed by atoms with E-state index in [0.29, 0.717) is 13.0 Å². The molecular weight excluding hydrogens is 296 g/mol. The highest BCUT2D eigenvalue weighted by molar-refractivity contribution is 7.92. The Labute approximate surface area is 125 Å². The Balaban J connectivity index is 2.72. The molecule has 2 N–H and O–H groups in total. The van der Waals surface area contributed by atoms with Gasteiger partial charge in [-0.3, -0.25) is 0 Å². The molecule has 0 saturated carbocycles. The second kappa shape index (κ2) is 6.21. The van der Waals surface area contributed by atoms with Crippen LogP contribution in [0.4, 0.5) is 4.79 Å². The first-order valence-electron chi connectivity index (χ1n) is 6.92. The zero-order valence-electron chi connectivity index (χ0n) is 12.9. The largest absolute Gasteiger partial charge is 0.480 e. The highest BCUT2D eigenvalue weighted by Gasteiger charge is 2.36. The van der Waals surface area contributed by atoms with Gasteiger partial charge in [-0.25, -0.2) is 18.0 Å². The number of piperidine rings is 1. The Morgan fingerprint density at radius 1 is 1.38 bits per heavy atom. The molecular formula is C13H24N2O5S. The Kier molecular flexibility index (Phi) is 5.25. The van der Waals surface area contributed by atoms with Gasteiger partial charge in [0.25, 0.3) is 0 Å². The molecule has 8 heteroatoms. The van der Waals surface area contributed by atoms with Crippen molar-refractivity contribution in [1.82, 2.24) is 10.2 Å². The molecule has 7 nitrogen and oxygen atoms in total. The Hall–Kier alpha value is -1.31. The van der Waals surface area contributed by atoms with Gasteiger partial charge in [-0.2, -0.15) is 0 Å². The van der Waals surface area contributed by atoms with Crippen LogP contribution in [0.1, 0.15) is 33.6 Å². The molecule has 0 bridgehead atoms. The minimum absolute atomic E-state index is 0.0525. The van der Waals surface area contributed by atoms with Gasteiger partial charge >= 0.3 is 12.0 Å². The average molecular weight is 320 g/mol. The molecule has 0 aliphatic carbocycles. The smallest absolute Gasteiger partial charge is 0.326 e. The van der Waals surface area contributed by atoms with E-state index in [1.165, 1.54) is 18.7 Å². The lowest BCUT2D eigenvalue weighted by molar-refractivity contribution is -0.143. The summed E-state index contributed by atoms with van der Waals surface area (Å²) in [6.45, 7) is 5.31. The van der Waals surface area contributed by atoms with Crippen molar-refractivity contribution >= 4 is 21.8 Å². The van der Waals surface area contributed by atoms with Crippen LogP contribution in [0.5, 0.6) is 0 Å². The van der Waals surface area contributed by atoms with E-state index >= 15 is 0 Å². The minimum atomic E-state index is -3.32. The third kappa shape index (κ3) is 4.33. The predicted molar refractivity (Wildman–Crippen MR) is 78.8 cm³/mol. The predicted octanol–water partition coefficient (Wildman–Crippen LogP) is 0.704. The van der Waals surface area contributed by atoms with Gasteiger partial charge in [0.05, 0.1) is 4.75 Å². The molecule has 0 aromatic heterocycles. The first-order chi connectivity index (χ1) is 9.45. The van der Waals surface area contributed by atoms with E-state index in [0.717, 1.165) is 12.7 Å². The monoisotopic (exact) mass is 320 g/mol. The van der Waals surface area contributed by atoms with Crippen molar-refractivity contribution in [3.05, 3.63) is 0 Å². The van der Waals surface area contributed by atoms with Crippen molar-refractivity contribution < 1.29 is 23.1 Å². The molecule has 1 aliphatic rings. The lowest BCUT2D eigenvalue weighted by Crippen LogP contribution is -2.55. The van der Waals surface area contributed by atoms with Crippen LogP contribution in [-0.4, -0.2) is 60.6 Å². The number of likely N-dealkylation sites (tertiary alicyclic amines) is 1. The average Bonchev–Trinajstić information content (AvgIpc) is 2.34. The molecule has 0 radical (unpaired) electrons.